The zero-order chi connectivity index (χ0) is 11.0. The molecule has 0 atom stereocenters. The lowest BCUT2D eigenvalue weighted by atomic mass is 10.3. The molecular weight excluding hydrogens is 279 g/mol. The van der Waals surface area contributed by atoms with Crippen LogP contribution >= 0.6 is 27.5 Å². The fraction of sp³-hybridized carbons (Fsp3) is 0.333. The molecule has 0 fully saturated rings. The Kier molecular flexibility index (Phi) is 2.84. The monoisotopic (exact) mass is 288 g/mol. The Morgan fingerprint density at radius 2 is 2.27 bits per heavy atom. The summed E-state index contributed by atoms with van der Waals surface area (Å²) in [5, 5.41) is 9.13. The van der Waals surface area contributed by atoms with Gasteiger partial charge < -0.3 is 0 Å². The minimum Gasteiger partial charge on any atom is -0.269 e. The highest BCUT2D eigenvalue weighted by molar-refractivity contribution is 9.10. The number of hydrogen-bond acceptors (Lipinski definition) is 2. The molecular formula is C9H10BrClN4. The molecule has 0 aliphatic rings. The molecule has 15 heavy (non-hydrogen) atoms. The van der Waals surface area contributed by atoms with Gasteiger partial charge in [-0.15, -0.1) is 0 Å². The van der Waals surface area contributed by atoms with E-state index < -0.39 is 0 Å². The van der Waals surface area contributed by atoms with Crippen LogP contribution in [0.5, 0.6) is 0 Å². The van der Waals surface area contributed by atoms with E-state index in [1.54, 1.807) is 10.9 Å². The number of hydrogen-bond donors (Lipinski definition) is 0. The lowest BCUT2D eigenvalue weighted by molar-refractivity contribution is 0.618. The highest BCUT2D eigenvalue weighted by Gasteiger charge is 2.11. The van der Waals surface area contributed by atoms with E-state index in [1.165, 1.54) is 0 Å². The van der Waals surface area contributed by atoms with Crippen LogP contribution in [0, 0.1) is 6.92 Å². The molecule has 2 rings (SSSR count). The average molecular weight is 290 g/mol. The van der Waals surface area contributed by atoms with Crippen molar-refractivity contribution in [2.75, 3.05) is 0 Å². The first-order chi connectivity index (χ1) is 7.08. The summed E-state index contributed by atoms with van der Waals surface area (Å²) in [4.78, 5) is 0. The van der Waals surface area contributed by atoms with Crippen molar-refractivity contribution in [2.24, 2.45) is 7.05 Å². The number of rotatable bonds is 2. The SMILES string of the molecule is Cc1nn(C)c(Cn2cc(Br)cn2)c1Cl. The van der Waals surface area contributed by atoms with Crippen LogP contribution in [0.4, 0.5) is 0 Å². The maximum absolute atomic E-state index is 6.13. The summed E-state index contributed by atoms with van der Waals surface area (Å²) in [6.07, 6.45) is 3.65. The Balaban J connectivity index is 2.31. The van der Waals surface area contributed by atoms with Gasteiger partial charge in [0.15, 0.2) is 0 Å². The van der Waals surface area contributed by atoms with Gasteiger partial charge in [-0.05, 0) is 22.9 Å². The largest absolute Gasteiger partial charge is 0.269 e. The molecule has 0 unspecified atom stereocenters. The molecule has 0 bridgehead atoms. The van der Waals surface area contributed by atoms with Crippen molar-refractivity contribution in [1.82, 2.24) is 19.6 Å². The van der Waals surface area contributed by atoms with Crippen LogP contribution in [0.25, 0.3) is 0 Å². The Morgan fingerprint density at radius 1 is 1.53 bits per heavy atom. The zero-order valence-electron chi connectivity index (χ0n) is 8.41. The molecule has 0 aliphatic heterocycles. The highest BCUT2D eigenvalue weighted by Crippen LogP contribution is 2.20. The predicted octanol–water partition coefficient (Wildman–Crippen LogP) is 2.39. The van der Waals surface area contributed by atoms with Crippen molar-refractivity contribution in [1.29, 1.82) is 0 Å². The Hall–Kier alpha value is -0.810. The number of aromatic nitrogens is 4. The standard InChI is InChI=1S/C9H10BrClN4/c1-6-9(11)8(14(2)13-6)5-15-4-7(10)3-12-15/h3-4H,5H2,1-2H3. The molecule has 0 saturated heterocycles. The third kappa shape index (κ3) is 2.08. The van der Waals surface area contributed by atoms with Gasteiger partial charge in [0, 0.05) is 13.2 Å². The van der Waals surface area contributed by atoms with Crippen LogP contribution in [-0.4, -0.2) is 19.6 Å². The summed E-state index contributed by atoms with van der Waals surface area (Å²) in [6.45, 7) is 2.52. The van der Waals surface area contributed by atoms with Crippen LogP contribution in [0.15, 0.2) is 16.9 Å². The highest BCUT2D eigenvalue weighted by atomic mass is 79.9. The molecule has 2 aromatic heterocycles. The van der Waals surface area contributed by atoms with E-state index in [0.29, 0.717) is 11.6 Å². The van der Waals surface area contributed by atoms with Gasteiger partial charge >= 0.3 is 0 Å². The molecule has 0 aliphatic carbocycles. The number of nitrogens with zero attached hydrogens (tertiary/aromatic N) is 4. The van der Waals surface area contributed by atoms with Crippen molar-refractivity contribution in [2.45, 2.75) is 13.5 Å². The van der Waals surface area contributed by atoms with E-state index >= 15 is 0 Å². The zero-order valence-corrected chi connectivity index (χ0v) is 10.7. The molecule has 0 amide bonds. The number of aryl methyl sites for hydroxylation is 2. The van der Waals surface area contributed by atoms with Crippen molar-refractivity contribution in [3.63, 3.8) is 0 Å². The van der Waals surface area contributed by atoms with Crippen LogP contribution < -0.4 is 0 Å². The van der Waals surface area contributed by atoms with Crippen molar-refractivity contribution in [3.05, 3.63) is 33.3 Å². The van der Waals surface area contributed by atoms with E-state index in [9.17, 15) is 0 Å². The molecule has 0 N–H and O–H groups in total. The maximum Gasteiger partial charge on any atom is 0.0866 e. The average Bonchev–Trinajstić information content (AvgIpc) is 2.67. The summed E-state index contributed by atoms with van der Waals surface area (Å²) in [6, 6.07) is 0. The second-order valence-electron chi connectivity index (χ2n) is 3.33. The van der Waals surface area contributed by atoms with Gasteiger partial charge in [-0.25, -0.2) is 0 Å². The van der Waals surface area contributed by atoms with Crippen molar-refractivity contribution >= 4 is 27.5 Å². The molecule has 6 heteroatoms. The van der Waals surface area contributed by atoms with Crippen LogP contribution in [0.2, 0.25) is 5.02 Å². The minimum absolute atomic E-state index is 0.627. The summed E-state index contributed by atoms with van der Waals surface area (Å²) in [7, 11) is 1.88. The number of halogens is 2. The molecule has 0 saturated carbocycles. The third-order valence-electron chi connectivity index (χ3n) is 2.18. The predicted molar refractivity (Wildman–Crippen MR) is 62.0 cm³/mol. The Bertz CT molecular complexity index is 488. The van der Waals surface area contributed by atoms with E-state index in [4.69, 9.17) is 11.6 Å². The summed E-state index contributed by atoms with van der Waals surface area (Å²) in [5.41, 5.74) is 1.81. The van der Waals surface area contributed by atoms with E-state index in [0.717, 1.165) is 15.9 Å². The van der Waals surface area contributed by atoms with Gasteiger partial charge in [-0.2, -0.15) is 10.2 Å². The van der Waals surface area contributed by atoms with Gasteiger partial charge in [-0.3, -0.25) is 9.36 Å². The van der Waals surface area contributed by atoms with Gasteiger partial charge in [0.2, 0.25) is 0 Å². The van der Waals surface area contributed by atoms with E-state index in [-0.39, 0.29) is 0 Å². The molecule has 2 heterocycles. The fourth-order valence-corrected chi connectivity index (χ4v) is 1.98. The Labute approximate surface area is 101 Å². The second-order valence-corrected chi connectivity index (χ2v) is 4.62. The third-order valence-corrected chi connectivity index (χ3v) is 3.08. The van der Waals surface area contributed by atoms with E-state index in [1.807, 2.05) is 24.9 Å². The fourth-order valence-electron chi connectivity index (χ4n) is 1.43. The van der Waals surface area contributed by atoms with Gasteiger partial charge in [0.1, 0.15) is 0 Å². The Morgan fingerprint density at radius 3 is 2.73 bits per heavy atom. The molecule has 0 spiro atoms. The molecule has 0 radical (unpaired) electrons. The van der Waals surface area contributed by atoms with Crippen molar-refractivity contribution < 1.29 is 0 Å². The lowest BCUT2D eigenvalue weighted by Crippen LogP contribution is -2.06. The first kappa shape index (κ1) is 10.7. The van der Waals surface area contributed by atoms with Gasteiger partial charge in [0.05, 0.1) is 33.6 Å². The molecule has 4 nitrogen and oxygen atoms in total. The van der Waals surface area contributed by atoms with Crippen LogP contribution in [-0.2, 0) is 13.6 Å². The first-order valence-electron chi connectivity index (χ1n) is 4.44. The first-order valence-corrected chi connectivity index (χ1v) is 5.61. The normalized spacial score (nSPS) is 10.9. The van der Waals surface area contributed by atoms with Crippen molar-refractivity contribution in [3.8, 4) is 0 Å². The summed E-state index contributed by atoms with van der Waals surface area (Å²) < 4.78 is 4.55. The molecule has 80 valence electrons. The van der Waals surface area contributed by atoms with E-state index in [2.05, 4.69) is 26.1 Å². The maximum atomic E-state index is 6.13. The molecule has 0 aromatic carbocycles. The van der Waals surface area contributed by atoms with Crippen LogP contribution in [0.1, 0.15) is 11.4 Å². The summed E-state index contributed by atoms with van der Waals surface area (Å²) in [5.74, 6) is 0. The summed E-state index contributed by atoms with van der Waals surface area (Å²) >= 11 is 9.48. The lowest BCUT2D eigenvalue weighted by Gasteiger charge is -2.02. The second kappa shape index (κ2) is 3.98. The smallest absolute Gasteiger partial charge is 0.0866 e. The minimum atomic E-state index is 0.627. The van der Waals surface area contributed by atoms with Gasteiger partial charge in [0.25, 0.3) is 0 Å². The van der Waals surface area contributed by atoms with Gasteiger partial charge in [-0.1, -0.05) is 11.6 Å². The molecule has 2 aromatic rings. The quantitative estimate of drug-likeness (QED) is 0.851. The van der Waals surface area contributed by atoms with Crippen LogP contribution in [0.3, 0.4) is 0 Å². The topological polar surface area (TPSA) is 35.6 Å².